The van der Waals surface area contributed by atoms with Crippen molar-refractivity contribution in [2.24, 2.45) is 5.41 Å². The van der Waals surface area contributed by atoms with E-state index >= 15 is 0 Å². The summed E-state index contributed by atoms with van der Waals surface area (Å²) in [5.74, 6) is 1.03. The quantitative estimate of drug-likeness (QED) is 0.411. The van der Waals surface area contributed by atoms with Crippen molar-refractivity contribution in [3.8, 4) is 0 Å². The number of hydrogen-bond acceptors (Lipinski definition) is 4. The van der Waals surface area contributed by atoms with Gasteiger partial charge in [0.05, 0.1) is 5.69 Å². The topological polar surface area (TPSA) is 32.3 Å². The Morgan fingerprint density at radius 2 is 1.66 bits per heavy atom. The maximum Gasteiger partial charge on any atom is 0.158 e. The number of benzene rings is 1. The van der Waals surface area contributed by atoms with Crippen LogP contribution in [0.25, 0.3) is 0 Å². The van der Waals surface area contributed by atoms with E-state index in [0.717, 1.165) is 30.8 Å². The van der Waals surface area contributed by atoms with Crippen LogP contribution in [0, 0.1) is 12.3 Å². The molecule has 164 valence electrons. The number of allylic oxidation sites excluding steroid dienone is 1. The minimum Gasteiger partial charge on any atom is -0.316 e. The van der Waals surface area contributed by atoms with Crippen LogP contribution in [0.4, 0.5) is 22.9 Å². The average molecular weight is 425 g/mol. The van der Waals surface area contributed by atoms with E-state index in [1.165, 1.54) is 22.5 Å². The first-order chi connectivity index (χ1) is 15.6. The van der Waals surface area contributed by atoms with E-state index in [9.17, 15) is 0 Å². The summed E-state index contributed by atoms with van der Waals surface area (Å²) in [6.45, 7) is 13.6. The summed E-state index contributed by atoms with van der Waals surface area (Å²) in [6, 6.07) is 15.3. The zero-order chi connectivity index (χ0) is 22.5. The van der Waals surface area contributed by atoms with Crippen LogP contribution >= 0.6 is 0 Å². The molecule has 0 radical (unpaired) electrons. The summed E-state index contributed by atoms with van der Waals surface area (Å²) in [5.41, 5.74) is 5.92. The highest BCUT2D eigenvalue weighted by Crippen LogP contribution is 2.65. The second-order valence-corrected chi connectivity index (χ2v) is 9.03. The van der Waals surface area contributed by atoms with Crippen LogP contribution in [-0.4, -0.2) is 16.1 Å². The van der Waals surface area contributed by atoms with Crippen LogP contribution in [-0.2, 0) is 5.41 Å². The van der Waals surface area contributed by atoms with Gasteiger partial charge in [-0.15, -0.1) is 6.58 Å². The highest BCUT2D eigenvalue weighted by atomic mass is 15.5. The second-order valence-electron chi connectivity index (χ2n) is 9.03. The van der Waals surface area contributed by atoms with Gasteiger partial charge in [0.1, 0.15) is 6.17 Å². The Kier molecular flexibility index (Phi) is 4.85. The van der Waals surface area contributed by atoms with Crippen molar-refractivity contribution in [3.63, 3.8) is 0 Å². The molecule has 0 saturated carbocycles. The van der Waals surface area contributed by atoms with Crippen LogP contribution in [0.2, 0.25) is 0 Å². The van der Waals surface area contributed by atoms with Gasteiger partial charge < -0.3 is 9.80 Å². The molecule has 0 spiro atoms. The fourth-order valence-corrected chi connectivity index (χ4v) is 6.67. The summed E-state index contributed by atoms with van der Waals surface area (Å²) in [6.07, 6.45) is 11.2. The molecule has 2 aliphatic rings. The molecule has 0 amide bonds. The number of hydrogen-bond donors (Lipinski definition) is 0. The number of anilines is 4. The van der Waals surface area contributed by atoms with Crippen LogP contribution in [0.5, 0.6) is 0 Å². The van der Waals surface area contributed by atoms with Gasteiger partial charge in [-0.05, 0) is 61.6 Å². The van der Waals surface area contributed by atoms with E-state index < -0.39 is 0 Å². The van der Waals surface area contributed by atoms with E-state index in [0.29, 0.717) is 0 Å². The monoisotopic (exact) mass is 424 g/mol. The molecule has 2 atom stereocenters. The number of fused-ring (bicyclic) bond motifs is 5. The first-order valence-electron chi connectivity index (χ1n) is 11.8. The first-order valence-corrected chi connectivity index (χ1v) is 11.8. The number of pyridine rings is 2. The maximum atomic E-state index is 4.92. The number of para-hydroxylation sites is 1. The molecule has 1 aromatic carbocycles. The lowest BCUT2D eigenvalue weighted by molar-refractivity contribution is 0.0907. The Bertz CT molecular complexity index is 1170. The van der Waals surface area contributed by atoms with Crippen molar-refractivity contribution < 1.29 is 0 Å². The molecule has 0 fully saturated rings. The summed E-state index contributed by atoms with van der Waals surface area (Å²) in [7, 11) is 0. The van der Waals surface area contributed by atoms with E-state index in [-0.39, 0.29) is 17.0 Å². The molecule has 2 aromatic heterocycles. The van der Waals surface area contributed by atoms with Crippen molar-refractivity contribution >= 4 is 22.9 Å². The van der Waals surface area contributed by atoms with Crippen molar-refractivity contribution in [3.05, 3.63) is 84.8 Å². The molecule has 0 saturated heterocycles. The molecule has 32 heavy (non-hydrogen) atoms. The molecular formula is C28H32N4. The van der Waals surface area contributed by atoms with Gasteiger partial charge in [-0.25, -0.2) is 4.98 Å². The summed E-state index contributed by atoms with van der Waals surface area (Å²) in [4.78, 5) is 14.3. The molecular weight excluding hydrogens is 392 g/mol. The van der Waals surface area contributed by atoms with Gasteiger partial charge in [0.2, 0.25) is 0 Å². The van der Waals surface area contributed by atoms with E-state index in [1.807, 2.05) is 24.7 Å². The molecule has 4 nitrogen and oxygen atoms in total. The number of nitrogens with zero attached hydrogens (tertiary/aromatic N) is 4. The molecule has 0 N–H and O–H groups in total. The SMILES string of the molecule is C=CC1(CC)c2ccccc2N2c3ncccc3N(c3ccncc3C)C2C1(CC)CC. The van der Waals surface area contributed by atoms with E-state index in [1.54, 1.807) is 0 Å². The standard InChI is InChI=1S/C28H32N4/c1-6-27(7-2)21-13-10-11-14-23(21)32-25-24(15-12-17-30-25)31(22-16-18-29-19-20(22)5)26(32)28(27,8-3)9-4/h6,10-19,26H,1,7-9H2,2-5H3. The third kappa shape index (κ3) is 2.38. The van der Waals surface area contributed by atoms with Gasteiger partial charge in [-0.1, -0.05) is 45.0 Å². The van der Waals surface area contributed by atoms with Crippen molar-refractivity contribution in [2.75, 3.05) is 9.80 Å². The van der Waals surface area contributed by atoms with Gasteiger partial charge in [0, 0.05) is 40.8 Å². The molecule has 4 heteroatoms. The van der Waals surface area contributed by atoms with Gasteiger partial charge in [-0.3, -0.25) is 4.98 Å². The predicted octanol–water partition coefficient (Wildman–Crippen LogP) is 7.05. The lowest BCUT2D eigenvalue weighted by atomic mass is 9.52. The molecule has 3 aromatic rings. The minimum atomic E-state index is -0.143. The third-order valence-electron chi connectivity index (χ3n) is 8.19. The normalized spacial score (nSPS) is 22.8. The Morgan fingerprint density at radius 1 is 0.906 bits per heavy atom. The summed E-state index contributed by atoms with van der Waals surface area (Å²) >= 11 is 0. The van der Waals surface area contributed by atoms with Crippen molar-refractivity contribution in [2.45, 2.75) is 58.5 Å². The van der Waals surface area contributed by atoms with Gasteiger partial charge in [0.15, 0.2) is 5.82 Å². The maximum absolute atomic E-state index is 4.92. The molecule has 4 heterocycles. The van der Waals surface area contributed by atoms with Crippen molar-refractivity contribution in [1.29, 1.82) is 0 Å². The average Bonchev–Trinajstić information content (AvgIpc) is 3.19. The van der Waals surface area contributed by atoms with Crippen LogP contribution < -0.4 is 9.80 Å². The Morgan fingerprint density at radius 3 is 2.34 bits per heavy atom. The largest absolute Gasteiger partial charge is 0.316 e. The Balaban J connectivity index is 1.92. The minimum absolute atomic E-state index is 0.0612. The molecule has 2 aliphatic heterocycles. The zero-order valence-corrected chi connectivity index (χ0v) is 19.5. The fraction of sp³-hybridized carbons (Fsp3) is 0.357. The molecule has 2 unspecified atom stereocenters. The molecule has 0 aliphatic carbocycles. The van der Waals surface area contributed by atoms with Gasteiger partial charge in [-0.2, -0.15) is 0 Å². The lowest BCUT2D eigenvalue weighted by Crippen LogP contribution is -2.63. The second kappa shape index (κ2) is 7.47. The molecule has 0 bridgehead atoms. The fourth-order valence-electron chi connectivity index (χ4n) is 6.67. The van der Waals surface area contributed by atoms with Crippen molar-refractivity contribution in [1.82, 2.24) is 9.97 Å². The highest BCUT2D eigenvalue weighted by molar-refractivity contribution is 5.89. The summed E-state index contributed by atoms with van der Waals surface area (Å²) < 4.78 is 0. The van der Waals surface area contributed by atoms with Gasteiger partial charge >= 0.3 is 0 Å². The smallest absolute Gasteiger partial charge is 0.158 e. The molecule has 5 rings (SSSR count). The predicted molar refractivity (Wildman–Crippen MR) is 133 cm³/mol. The number of aromatic nitrogens is 2. The third-order valence-corrected chi connectivity index (χ3v) is 8.19. The van der Waals surface area contributed by atoms with Crippen LogP contribution in [0.15, 0.2) is 73.7 Å². The van der Waals surface area contributed by atoms with Crippen LogP contribution in [0.3, 0.4) is 0 Å². The lowest BCUT2D eigenvalue weighted by Gasteiger charge is -2.60. The van der Waals surface area contributed by atoms with Crippen LogP contribution in [0.1, 0.15) is 51.2 Å². The highest BCUT2D eigenvalue weighted by Gasteiger charge is 2.62. The van der Waals surface area contributed by atoms with E-state index in [2.05, 4.69) is 91.5 Å². The Labute approximate surface area is 191 Å². The van der Waals surface area contributed by atoms with Gasteiger partial charge in [0.25, 0.3) is 0 Å². The number of rotatable bonds is 5. The Hall–Kier alpha value is -3.14. The summed E-state index contributed by atoms with van der Waals surface area (Å²) in [5, 5.41) is 0. The first kappa shape index (κ1) is 20.7. The zero-order valence-electron chi connectivity index (χ0n) is 19.5. The van der Waals surface area contributed by atoms with E-state index in [4.69, 9.17) is 4.98 Å². The number of aryl methyl sites for hydroxylation is 1.